The monoisotopic (exact) mass is 189 g/mol. The molecule has 0 atom stereocenters. The number of alkyl halides is 1. The Kier molecular flexibility index (Phi) is 9.81. The predicted molar refractivity (Wildman–Crippen MR) is 48.0 cm³/mol. The van der Waals surface area contributed by atoms with Crippen molar-refractivity contribution in [1.29, 1.82) is 0 Å². The first-order valence-corrected chi connectivity index (χ1v) is 4.05. The standard InChI is InChI=1S/C5H5N.C3H7ClO2/c1-2-4-6-5-3-1;4-3-6-2-1-5/h1-5H;5H,1-3H2. The van der Waals surface area contributed by atoms with E-state index in [1.165, 1.54) is 0 Å². The second-order valence-corrected chi connectivity index (χ2v) is 1.98. The van der Waals surface area contributed by atoms with Crippen LogP contribution in [0.1, 0.15) is 0 Å². The first-order chi connectivity index (χ1) is 5.91. The molecule has 0 aromatic carbocycles. The van der Waals surface area contributed by atoms with Gasteiger partial charge in [-0.3, -0.25) is 4.98 Å². The molecule has 1 aromatic rings. The normalized spacial score (nSPS) is 8.50. The molecule has 0 bridgehead atoms. The molecule has 0 aliphatic heterocycles. The highest BCUT2D eigenvalue weighted by Gasteiger charge is 1.75. The van der Waals surface area contributed by atoms with E-state index >= 15 is 0 Å². The maximum atomic E-state index is 8.01. The van der Waals surface area contributed by atoms with Crippen LogP contribution in [0.3, 0.4) is 0 Å². The van der Waals surface area contributed by atoms with Gasteiger partial charge in [0.1, 0.15) is 6.07 Å². The van der Waals surface area contributed by atoms with Crippen LogP contribution in [0.15, 0.2) is 30.6 Å². The van der Waals surface area contributed by atoms with Crippen molar-refractivity contribution in [2.75, 3.05) is 19.3 Å². The van der Waals surface area contributed by atoms with Crippen molar-refractivity contribution in [3.05, 3.63) is 30.6 Å². The van der Waals surface area contributed by atoms with Gasteiger partial charge in [-0.2, -0.15) is 0 Å². The van der Waals surface area contributed by atoms with Gasteiger partial charge >= 0.3 is 0 Å². The molecule has 4 heteroatoms. The van der Waals surface area contributed by atoms with E-state index in [1.807, 2.05) is 18.2 Å². The summed E-state index contributed by atoms with van der Waals surface area (Å²) in [4.78, 5) is 3.78. The van der Waals surface area contributed by atoms with Gasteiger partial charge < -0.3 is 9.84 Å². The maximum Gasteiger partial charge on any atom is 0.120 e. The highest BCUT2D eigenvalue weighted by molar-refractivity contribution is 6.17. The topological polar surface area (TPSA) is 42.4 Å². The van der Waals surface area contributed by atoms with E-state index in [4.69, 9.17) is 16.7 Å². The van der Waals surface area contributed by atoms with E-state index in [2.05, 4.69) is 9.72 Å². The predicted octanol–water partition coefficient (Wildman–Crippen LogP) is 1.27. The number of hydrogen-bond acceptors (Lipinski definition) is 3. The Morgan fingerprint density at radius 3 is 2.08 bits per heavy atom. The van der Waals surface area contributed by atoms with Gasteiger partial charge in [0.25, 0.3) is 0 Å². The Morgan fingerprint density at radius 2 is 1.92 bits per heavy atom. The van der Waals surface area contributed by atoms with Gasteiger partial charge in [-0.1, -0.05) is 17.7 Å². The summed E-state index contributed by atoms with van der Waals surface area (Å²) in [6, 6.07) is 5.88. The van der Waals surface area contributed by atoms with Gasteiger partial charge in [0.2, 0.25) is 0 Å². The van der Waals surface area contributed by atoms with E-state index in [0.29, 0.717) is 6.61 Å². The molecular weight excluding hydrogens is 178 g/mol. The fraction of sp³-hybridized carbons (Fsp3) is 0.375. The Labute approximate surface area is 77.0 Å². The highest BCUT2D eigenvalue weighted by Crippen LogP contribution is 1.74. The van der Waals surface area contributed by atoms with Crippen molar-refractivity contribution in [1.82, 2.24) is 4.98 Å². The molecule has 1 rings (SSSR count). The van der Waals surface area contributed by atoms with Crippen molar-refractivity contribution in [3.8, 4) is 0 Å². The number of aliphatic hydroxyl groups excluding tert-OH is 1. The smallest absolute Gasteiger partial charge is 0.120 e. The number of ether oxygens (including phenoxy) is 1. The van der Waals surface area contributed by atoms with Crippen molar-refractivity contribution >= 4 is 11.6 Å². The lowest BCUT2D eigenvalue weighted by molar-refractivity contribution is 0.123. The van der Waals surface area contributed by atoms with Crippen LogP contribution < -0.4 is 0 Å². The highest BCUT2D eigenvalue weighted by atomic mass is 35.5. The van der Waals surface area contributed by atoms with Gasteiger partial charge in [0.05, 0.1) is 13.2 Å². The number of hydrogen-bond donors (Lipinski definition) is 1. The summed E-state index contributed by atoms with van der Waals surface area (Å²) < 4.78 is 4.50. The summed E-state index contributed by atoms with van der Waals surface area (Å²) in [5, 5.41) is 8.01. The summed E-state index contributed by atoms with van der Waals surface area (Å²) >= 11 is 5.05. The van der Waals surface area contributed by atoms with Gasteiger partial charge in [-0.05, 0) is 12.1 Å². The van der Waals surface area contributed by atoms with Gasteiger partial charge in [0, 0.05) is 12.4 Å². The van der Waals surface area contributed by atoms with Crippen molar-refractivity contribution in [2.45, 2.75) is 0 Å². The van der Waals surface area contributed by atoms with E-state index < -0.39 is 0 Å². The largest absolute Gasteiger partial charge is 0.394 e. The minimum Gasteiger partial charge on any atom is -0.394 e. The molecular formula is C8H12ClNO2. The molecule has 0 unspecified atom stereocenters. The van der Waals surface area contributed by atoms with Crippen molar-refractivity contribution < 1.29 is 9.84 Å². The maximum absolute atomic E-state index is 8.01. The number of aliphatic hydroxyl groups is 1. The van der Waals surface area contributed by atoms with Crippen LogP contribution in [0.2, 0.25) is 0 Å². The van der Waals surface area contributed by atoms with Gasteiger partial charge in [-0.15, -0.1) is 0 Å². The Bertz CT molecular complexity index is 130. The van der Waals surface area contributed by atoms with E-state index in [9.17, 15) is 0 Å². The van der Waals surface area contributed by atoms with Crippen LogP contribution in [0.4, 0.5) is 0 Å². The molecule has 0 amide bonds. The summed E-state index contributed by atoms with van der Waals surface area (Å²) in [5.74, 6) is 0. The second-order valence-electron chi connectivity index (χ2n) is 1.77. The molecule has 1 N–H and O–H groups in total. The second kappa shape index (κ2) is 10.4. The van der Waals surface area contributed by atoms with E-state index in [0.717, 1.165) is 0 Å². The molecule has 0 spiro atoms. The minimum absolute atomic E-state index is 0.0483. The van der Waals surface area contributed by atoms with E-state index in [1.54, 1.807) is 12.4 Å². The molecule has 0 aliphatic carbocycles. The van der Waals surface area contributed by atoms with Crippen LogP contribution in [-0.4, -0.2) is 29.4 Å². The molecule has 0 fully saturated rings. The summed E-state index contributed by atoms with van der Waals surface area (Å²) in [6.45, 7) is 0.385. The molecule has 12 heavy (non-hydrogen) atoms. The van der Waals surface area contributed by atoms with Crippen LogP contribution in [0.5, 0.6) is 0 Å². The zero-order chi connectivity index (χ0) is 9.07. The van der Waals surface area contributed by atoms with Crippen LogP contribution in [-0.2, 0) is 4.74 Å². The molecule has 68 valence electrons. The average Bonchev–Trinajstić information content (AvgIpc) is 2.18. The fourth-order valence-electron chi connectivity index (χ4n) is 0.432. The average molecular weight is 190 g/mol. The van der Waals surface area contributed by atoms with Gasteiger partial charge in [-0.25, -0.2) is 0 Å². The van der Waals surface area contributed by atoms with Crippen molar-refractivity contribution in [2.24, 2.45) is 0 Å². The Hall–Kier alpha value is -0.640. The molecule has 0 saturated heterocycles. The fourth-order valence-corrected chi connectivity index (χ4v) is 0.541. The van der Waals surface area contributed by atoms with Crippen LogP contribution >= 0.6 is 11.6 Å². The molecule has 1 aromatic heterocycles. The number of pyridine rings is 1. The third-order valence-electron chi connectivity index (χ3n) is 0.879. The SMILES string of the molecule is OCCOCCl.c1ccncc1. The first-order valence-electron chi connectivity index (χ1n) is 3.51. The lowest BCUT2D eigenvalue weighted by Crippen LogP contribution is -1.95. The zero-order valence-corrected chi connectivity index (χ0v) is 7.44. The van der Waals surface area contributed by atoms with Crippen LogP contribution in [0.25, 0.3) is 0 Å². The molecule has 3 nitrogen and oxygen atoms in total. The zero-order valence-electron chi connectivity index (χ0n) is 6.69. The van der Waals surface area contributed by atoms with Gasteiger partial charge in [0.15, 0.2) is 0 Å². The molecule has 0 aliphatic rings. The summed E-state index contributed by atoms with van der Waals surface area (Å²) in [6.07, 6.45) is 3.50. The Morgan fingerprint density at radius 1 is 1.25 bits per heavy atom. The lowest BCUT2D eigenvalue weighted by Gasteiger charge is -1.89. The quantitative estimate of drug-likeness (QED) is 0.575. The number of rotatable bonds is 3. The first kappa shape index (κ1) is 11.4. The third kappa shape index (κ3) is 9.36. The third-order valence-corrected chi connectivity index (χ3v) is 1.03. The summed E-state index contributed by atoms with van der Waals surface area (Å²) in [5.41, 5.74) is 0. The molecule has 0 saturated carbocycles. The summed E-state index contributed by atoms with van der Waals surface area (Å²) in [7, 11) is 0. The van der Waals surface area contributed by atoms with E-state index in [-0.39, 0.29) is 12.7 Å². The molecule has 1 heterocycles. The molecule has 0 radical (unpaired) electrons. The number of halogens is 1. The number of nitrogens with zero attached hydrogens (tertiary/aromatic N) is 1. The Balaban J connectivity index is 0.000000202. The van der Waals surface area contributed by atoms with Crippen LogP contribution in [0, 0.1) is 0 Å². The number of aromatic nitrogens is 1. The minimum atomic E-state index is 0.0483. The van der Waals surface area contributed by atoms with Crippen molar-refractivity contribution in [3.63, 3.8) is 0 Å². The lowest BCUT2D eigenvalue weighted by atomic mass is 10.5.